The largest absolute Gasteiger partial charge is 0.473 e. The quantitative estimate of drug-likeness (QED) is 0.0388. The summed E-state index contributed by atoms with van der Waals surface area (Å²) in [7, 11) is 3.31. The van der Waals surface area contributed by atoms with E-state index < -0.39 is 24.4 Å². The molecule has 0 aliphatic rings. The molecule has 6 heterocycles. The second-order valence-electron chi connectivity index (χ2n) is 20.4. The minimum atomic E-state index is -2.22. The van der Waals surface area contributed by atoms with Crippen molar-refractivity contribution in [1.29, 1.82) is 0 Å². The average molecular weight is 1330 g/mol. The van der Waals surface area contributed by atoms with Gasteiger partial charge in [0.25, 0.3) is 16.3 Å². The molecule has 87 heavy (non-hydrogen) atoms. The summed E-state index contributed by atoms with van der Waals surface area (Å²) in [6.45, 7) is 25.5. The van der Waals surface area contributed by atoms with Gasteiger partial charge in [0.05, 0.1) is 53.0 Å². The zero-order valence-electron chi connectivity index (χ0n) is 49.2. The fourth-order valence-electron chi connectivity index (χ4n) is 10.3. The molecule has 10 aromatic rings. The molecular formula is C65H73ClN14O4S2Sn. The molecule has 6 N–H and O–H groups in total. The van der Waals surface area contributed by atoms with Crippen molar-refractivity contribution in [3.05, 3.63) is 194 Å². The van der Waals surface area contributed by atoms with Crippen LogP contribution < -0.4 is 45.6 Å². The normalized spacial score (nSPS) is 11.6. The van der Waals surface area contributed by atoms with Crippen LogP contribution in [0.3, 0.4) is 0 Å². The van der Waals surface area contributed by atoms with Gasteiger partial charge in [-0.3, -0.25) is 18.7 Å². The van der Waals surface area contributed by atoms with Gasteiger partial charge in [-0.2, -0.15) is 0 Å². The van der Waals surface area contributed by atoms with Gasteiger partial charge in [0, 0.05) is 46.9 Å². The topological polar surface area (TPSA) is 225 Å². The maximum Gasteiger partial charge on any atom is 0.273 e. The van der Waals surface area contributed by atoms with Crippen molar-refractivity contribution in [2.75, 3.05) is 36.3 Å². The molecule has 0 aliphatic carbocycles. The summed E-state index contributed by atoms with van der Waals surface area (Å²) in [5.74, 6) is 0.731. The Hall–Kier alpha value is -8.41. The first-order chi connectivity index (χ1) is 41.7. The number of nitrogens with zero attached hydrogens (tertiary/aromatic N) is 10. The van der Waals surface area contributed by atoms with Gasteiger partial charge < -0.3 is 26.8 Å². The SMILES string of the molecule is C.CCC[CH2][Sn]([CH2]CCC)([CH2]CCC)[c]1cnc(OC)s1.[C-]#[N+]c1cnc(N)nc1N[C@@H](C)c1cc2cccc(-c3cnc(OC)s3)c2c(=O)n1-c1ccccc1.[C-]#[N+]c1cnc(N)nc1N[C@@H](C)c1cc2cccc(Cl)c2c(=O)n1-c1ccccc1. The average Bonchev–Trinajstić information content (AvgIpc) is 2.14. The van der Waals surface area contributed by atoms with Crippen LogP contribution in [0, 0.1) is 13.1 Å². The Morgan fingerprint density at radius 2 is 1.06 bits per heavy atom. The third-order valence-electron chi connectivity index (χ3n) is 14.7. The van der Waals surface area contributed by atoms with Crippen molar-refractivity contribution in [2.45, 2.75) is 106 Å². The molecule has 22 heteroatoms. The van der Waals surface area contributed by atoms with Crippen molar-refractivity contribution in [1.82, 2.24) is 39.0 Å². The third-order valence-corrected chi connectivity index (χ3v) is 35.1. The molecule has 0 fully saturated rings. The Morgan fingerprint density at radius 1 is 0.609 bits per heavy atom. The van der Waals surface area contributed by atoms with E-state index in [1.54, 1.807) is 44.6 Å². The van der Waals surface area contributed by atoms with E-state index in [1.807, 2.05) is 122 Å². The van der Waals surface area contributed by atoms with Gasteiger partial charge in [0.1, 0.15) is 11.6 Å². The van der Waals surface area contributed by atoms with Crippen molar-refractivity contribution in [2.24, 2.45) is 0 Å². The predicted molar refractivity (Wildman–Crippen MR) is 361 cm³/mol. The number of pyridine rings is 2. The van der Waals surface area contributed by atoms with Crippen LogP contribution in [0.2, 0.25) is 18.3 Å². The van der Waals surface area contributed by atoms with Crippen molar-refractivity contribution < 1.29 is 9.47 Å². The molecule has 0 radical (unpaired) electrons. The zero-order chi connectivity index (χ0) is 61.3. The van der Waals surface area contributed by atoms with Crippen LogP contribution in [0.1, 0.15) is 104 Å². The number of ether oxygens (including phenoxy) is 2. The number of nitrogens with one attached hydrogen (secondary N) is 2. The molecular weight excluding hydrogens is 1260 g/mol. The zero-order valence-corrected chi connectivity index (χ0v) is 54.4. The summed E-state index contributed by atoms with van der Waals surface area (Å²) in [5, 5.41) is 10.8. The minimum Gasteiger partial charge on any atom is -0.473 e. The van der Waals surface area contributed by atoms with Crippen LogP contribution in [0.5, 0.6) is 10.4 Å². The number of halogens is 1. The summed E-state index contributed by atoms with van der Waals surface area (Å²) in [6.07, 6.45) is 14.8. The summed E-state index contributed by atoms with van der Waals surface area (Å²) in [4.78, 5) is 60.2. The van der Waals surface area contributed by atoms with Crippen LogP contribution in [-0.2, 0) is 0 Å². The van der Waals surface area contributed by atoms with E-state index in [-0.39, 0.29) is 47.9 Å². The Labute approximate surface area is 525 Å². The number of fused-ring (bicyclic) bond motifs is 2. The summed E-state index contributed by atoms with van der Waals surface area (Å²) < 4.78 is 20.1. The maximum absolute atomic E-state index is 14.1. The number of thiazole rings is 2. The summed E-state index contributed by atoms with van der Waals surface area (Å²) >= 11 is 7.36. The fourth-order valence-corrected chi connectivity index (χ4v) is 30.7. The Kier molecular flexibility index (Phi) is 23.8. The van der Waals surface area contributed by atoms with Crippen LogP contribution in [-0.4, -0.2) is 71.6 Å². The number of para-hydroxylation sites is 2. The van der Waals surface area contributed by atoms with E-state index in [0.717, 1.165) is 32.1 Å². The van der Waals surface area contributed by atoms with Gasteiger partial charge in [0.2, 0.25) is 23.3 Å². The molecule has 0 saturated heterocycles. The van der Waals surface area contributed by atoms with Gasteiger partial charge in [0.15, 0.2) is 0 Å². The number of nitrogen functional groups attached to an aromatic ring is 2. The number of unbranched alkanes of at least 4 members (excludes halogenated alkanes) is 3. The van der Waals surface area contributed by atoms with E-state index in [2.05, 4.69) is 77.2 Å². The van der Waals surface area contributed by atoms with E-state index in [4.69, 9.17) is 45.7 Å². The van der Waals surface area contributed by atoms with E-state index in [9.17, 15) is 9.59 Å². The molecule has 0 aliphatic heterocycles. The first-order valence-electron chi connectivity index (χ1n) is 28.4. The predicted octanol–water partition coefficient (Wildman–Crippen LogP) is 15.8. The Balaban J connectivity index is 0.000000193. The molecule has 0 unspecified atom stereocenters. The van der Waals surface area contributed by atoms with Gasteiger partial charge in [-0.05, 0) is 67.1 Å². The molecule has 18 nitrogen and oxygen atoms in total. The van der Waals surface area contributed by atoms with Crippen molar-refractivity contribution in [3.63, 3.8) is 0 Å². The number of anilines is 4. The number of rotatable bonds is 21. The molecule has 0 bridgehead atoms. The molecule has 0 spiro atoms. The first-order valence-corrected chi connectivity index (χ1v) is 37.9. The smallest absolute Gasteiger partial charge is 0.273 e. The number of hydrogen-bond acceptors (Lipinski definition) is 16. The molecule has 6 aromatic heterocycles. The van der Waals surface area contributed by atoms with Gasteiger partial charge in [-0.15, -0.1) is 0 Å². The van der Waals surface area contributed by atoms with E-state index >= 15 is 0 Å². The number of hydrogen-bond donors (Lipinski definition) is 4. The Bertz CT molecular complexity index is 4130. The Morgan fingerprint density at radius 3 is 1.51 bits per heavy atom. The van der Waals surface area contributed by atoms with Crippen LogP contribution >= 0.6 is 34.3 Å². The molecule has 0 saturated carbocycles. The van der Waals surface area contributed by atoms with Gasteiger partial charge in [-0.25, -0.2) is 34.6 Å². The molecule has 450 valence electrons. The first kappa shape index (κ1) is 66.1. The van der Waals surface area contributed by atoms with Crippen LogP contribution in [0.4, 0.5) is 34.9 Å². The molecule has 0 amide bonds. The van der Waals surface area contributed by atoms with Gasteiger partial charge in [-0.1, -0.05) is 97.1 Å². The van der Waals surface area contributed by atoms with Gasteiger partial charge >= 0.3 is 133 Å². The summed E-state index contributed by atoms with van der Waals surface area (Å²) in [6, 6.07) is 33.0. The fraction of sp³-hybridized carbons (Fsp3) is 0.292. The summed E-state index contributed by atoms with van der Waals surface area (Å²) in [5.41, 5.74) is 15.2. The number of aromatic nitrogens is 8. The maximum atomic E-state index is 14.1. The second-order valence-corrected chi connectivity index (χ2v) is 37.0. The number of methoxy groups -OCH3 is 2. The van der Waals surface area contributed by atoms with Crippen LogP contribution in [0.15, 0.2) is 144 Å². The molecule has 2 atom stereocenters. The third kappa shape index (κ3) is 15.6. The van der Waals surface area contributed by atoms with Crippen molar-refractivity contribution >= 4 is 112 Å². The van der Waals surface area contributed by atoms with E-state index in [1.165, 1.54) is 75.6 Å². The van der Waals surface area contributed by atoms with Crippen LogP contribution in [0.25, 0.3) is 53.1 Å². The number of nitrogens with two attached hydrogens (primary N) is 2. The monoisotopic (exact) mass is 1330 g/mol. The number of benzene rings is 4. The molecule has 4 aromatic carbocycles. The molecule has 10 rings (SSSR count). The van der Waals surface area contributed by atoms with Crippen molar-refractivity contribution in [3.8, 4) is 32.2 Å². The second kappa shape index (κ2) is 31.3. The standard InChI is InChI=1S/C26H21N7O2S.C22H17ClN6O.C4H4NOS.3C4H9.CH4.Sn/c1-15(31-23-19(28-2)13-29-25(27)32-23)20-12-16-8-7-11-18(21-14-30-26(35-3)36-21)22(16)24(34)33(20)17-9-5-4-6-10-17;1-13(27-20-17(25-2)12-26-22(24)28-20)18-11-14-7-6-10-16(23)19(14)21(30)29(18)15-8-4-3-5-9-15;1-6-4-5-2-3-7-4;3*1-3-4-2;;/h4-15H,1,3H3,(H3,27,29,31,32);3-13H,1H3,(H3,24,26,27,28);2H,1H3;3*1,3-4H2,2H3;1H4;/t15-;13-;;;;;;/m00....../s1. The van der Waals surface area contributed by atoms with E-state index in [0.29, 0.717) is 49.7 Å². The minimum absolute atomic E-state index is 0.